The van der Waals surface area contributed by atoms with Gasteiger partial charge < -0.3 is 18.9 Å². The summed E-state index contributed by atoms with van der Waals surface area (Å²) < 4.78 is 4.83. The normalized spacial score (nSPS) is 11.2. The summed E-state index contributed by atoms with van der Waals surface area (Å²) in [6.45, 7) is 0. The van der Waals surface area contributed by atoms with Crippen molar-refractivity contribution < 1.29 is 0 Å². The summed E-state index contributed by atoms with van der Waals surface area (Å²) in [6.07, 6.45) is 0. The number of aromatic nitrogens is 2. The number of hydrogen-bond donors (Lipinski definition) is 0. The Kier molecular flexibility index (Phi) is 11.5. The van der Waals surface area contributed by atoms with E-state index in [1.165, 1.54) is 33.0 Å². The Balaban J connectivity index is 0.841. The highest BCUT2D eigenvalue weighted by Crippen LogP contribution is 2.41. The predicted octanol–water partition coefficient (Wildman–Crippen LogP) is 19.2. The van der Waals surface area contributed by atoms with Crippen LogP contribution >= 0.6 is 0 Å². The van der Waals surface area contributed by atoms with Gasteiger partial charge in [0.05, 0.1) is 22.4 Å². The summed E-state index contributed by atoms with van der Waals surface area (Å²) in [5.74, 6) is 0. The summed E-state index contributed by atoms with van der Waals surface area (Å²) in [7, 11) is 0. The van der Waals surface area contributed by atoms with Gasteiger partial charge >= 0.3 is 0 Å². The van der Waals surface area contributed by atoms with Crippen LogP contribution in [-0.4, -0.2) is 9.13 Å². The van der Waals surface area contributed by atoms with Gasteiger partial charge in [0.1, 0.15) is 0 Å². The van der Waals surface area contributed by atoms with E-state index in [1.54, 1.807) is 0 Å². The first kappa shape index (κ1) is 44.1. The third-order valence-corrected chi connectivity index (χ3v) is 14.1. The predicted molar refractivity (Wildman–Crippen MR) is 311 cm³/mol. The van der Waals surface area contributed by atoms with Gasteiger partial charge in [-0.05, 0) is 155 Å². The number of para-hydroxylation sites is 6. The molecule has 0 saturated heterocycles. The molecule has 0 N–H and O–H groups in total. The lowest BCUT2D eigenvalue weighted by molar-refractivity contribution is 1.13. The smallest absolute Gasteiger partial charge is 0.0542 e. The van der Waals surface area contributed by atoms with Crippen LogP contribution in [0.3, 0.4) is 0 Å². The monoisotopic (exact) mass is 946 g/mol. The van der Waals surface area contributed by atoms with Crippen molar-refractivity contribution in [3.05, 3.63) is 303 Å². The Morgan fingerprint density at radius 2 is 0.432 bits per heavy atom. The molecule has 2 heterocycles. The molecule has 0 spiro atoms. The van der Waals surface area contributed by atoms with E-state index in [0.29, 0.717) is 0 Å². The average Bonchev–Trinajstić information content (AvgIpc) is 4.06. The zero-order chi connectivity index (χ0) is 49.2. The molecule has 0 aliphatic heterocycles. The Hall–Kier alpha value is -9.90. The van der Waals surface area contributed by atoms with Gasteiger partial charge in [-0.15, -0.1) is 0 Å². The SMILES string of the molecule is c1ccc(N(c2ccccc2)c2ccc(-c3ccc(-c4cc5cc6c(cc(-c7ccc(-c8ccc(N(c9ccccc9)c9ccccc9)cc8)cc7)n6-c6ccccc6)cc5n4-c4ccccc4)cc3)cc2)cc1. The molecule has 4 heteroatoms. The molecule has 13 aromatic rings. The Labute approximate surface area is 432 Å². The van der Waals surface area contributed by atoms with E-state index in [9.17, 15) is 0 Å². The van der Waals surface area contributed by atoms with E-state index >= 15 is 0 Å². The number of hydrogen-bond acceptors (Lipinski definition) is 2. The first-order valence-electron chi connectivity index (χ1n) is 25.2. The van der Waals surface area contributed by atoms with Crippen LogP contribution < -0.4 is 9.80 Å². The lowest BCUT2D eigenvalue weighted by atomic mass is 10.0. The first-order valence-corrected chi connectivity index (χ1v) is 25.2. The molecule has 0 atom stereocenters. The second-order valence-corrected chi connectivity index (χ2v) is 18.6. The van der Waals surface area contributed by atoms with Gasteiger partial charge in [-0.1, -0.05) is 182 Å². The molecule has 0 saturated carbocycles. The van der Waals surface area contributed by atoms with Crippen molar-refractivity contribution in [1.82, 2.24) is 9.13 Å². The van der Waals surface area contributed by atoms with Crippen LogP contribution in [0.15, 0.2) is 303 Å². The highest BCUT2D eigenvalue weighted by molar-refractivity contribution is 6.02. The third kappa shape index (κ3) is 8.40. The number of rotatable bonds is 12. The summed E-state index contributed by atoms with van der Waals surface area (Å²) >= 11 is 0. The van der Waals surface area contributed by atoms with Gasteiger partial charge in [0.15, 0.2) is 0 Å². The molecule has 13 rings (SSSR count). The van der Waals surface area contributed by atoms with E-state index < -0.39 is 0 Å². The topological polar surface area (TPSA) is 16.3 Å². The molecule has 0 aliphatic carbocycles. The molecular weight excluding hydrogens is 897 g/mol. The number of nitrogens with zero attached hydrogens (tertiary/aromatic N) is 4. The van der Waals surface area contributed by atoms with Gasteiger partial charge in [-0.3, -0.25) is 0 Å². The van der Waals surface area contributed by atoms with E-state index in [1.807, 2.05) is 0 Å². The minimum atomic E-state index is 1.11. The maximum absolute atomic E-state index is 2.42. The van der Waals surface area contributed by atoms with Crippen LogP contribution in [0.1, 0.15) is 0 Å². The van der Waals surface area contributed by atoms with Crippen LogP contribution in [0.5, 0.6) is 0 Å². The summed E-state index contributed by atoms with van der Waals surface area (Å²) in [6, 6.07) is 109. The van der Waals surface area contributed by atoms with Gasteiger partial charge in [0, 0.05) is 56.3 Å². The highest BCUT2D eigenvalue weighted by atomic mass is 15.1. The molecule has 0 radical (unpaired) electrons. The quantitative estimate of drug-likeness (QED) is 0.121. The van der Waals surface area contributed by atoms with Crippen molar-refractivity contribution in [2.75, 3.05) is 9.80 Å². The molecule has 0 bridgehead atoms. The van der Waals surface area contributed by atoms with Gasteiger partial charge in [0.25, 0.3) is 0 Å². The van der Waals surface area contributed by atoms with Crippen molar-refractivity contribution >= 4 is 55.9 Å². The van der Waals surface area contributed by atoms with Gasteiger partial charge in [0.2, 0.25) is 0 Å². The fourth-order valence-electron chi connectivity index (χ4n) is 10.5. The standard InChI is InChI=1S/C70H50N4/c1-7-19-59(20-8-1)71(60-21-9-2-10-22-60)65-43-39-53(40-44-65)51-31-35-55(36-32-51)67-47-57-49-70-58(50-69(57)73(67)63-27-15-5-16-28-63)48-68(74(70)64-29-17-6-18-30-64)56-37-33-52(34-38-56)54-41-45-66(46-42-54)72(61-23-11-3-12-24-61)62-25-13-4-14-26-62/h1-50H. The zero-order valence-corrected chi connectivity index (χ0v) is 40.7. The van der Waals surface area contributed by atoms with Crippen LogP contribution in [0.4, 0.5) is 34.1 Å². The fourth-order valence-corrected chi connectivity index (χ4v) is 10.5. The Bertz CT molecular complexity index is 3640. The summed E-state index contributed by atoms with van der Waals surface area (Å²) in [5, 5.41) is 2.35. The van der Waals surface area contributed by atoms with Crippen LogP contribution in [0, 0.1) is 0 Å². The molecule has 0 fully saturated rings. The average molecular weight is 947 g/mol. The number of fused-ring (bicyclic) bond motifs is 2. The van der Waals surface area contributed by atoms with Gasteiger partial charge in [-0.25, -0.2) is 0 Å². The van der Waals surface area contributed by atoms with Crippen molar-refractivity contribution in [2.24, 2.45) is 0 Å². The molecule has 0 unspecified atom stereocenters. The summed E-state index contributed by atoms with van der Waals surface area (Å²) in [5.41, 5.74) is 20.6. The second kappa shape index (κ2) is 19.4. The number of anilines is 6. The van der Waals surface area contributed by atoms with Crippen molar-refractivity contribution in [1.29, 1.82) is 0 Å². The fraction of sp³-hybridized carbons (Fsp3) is 0. The van der Waals surface area contributed by atoms with E-state index in [2.05, 4.69) is 322 Å². The maximum atomic E-state index is 2.42. The largest absolute Gasteiger partial charge is 0.311 e. The minimum Gasteiger partial charge on any atom is -0.311 e. The number of benzene rings is 11. The Morgan fingerprint density at radius 1 is 0.203 bits per heavy atom. The third-order valence-electron chi connectivity index (χ3n) is 14.1. The summed E-state index contributed by atoms with van der Waals surface area (Å²) in [4.78, 5) is 4.59. The highest BCUT2D eigenvalue weighted by Gasteiger charge is 2.20. The molecule has 350 valence electrons. The Morgan fingerprint density at radius 3 is 0.716 bits per heavy atom. The van der Waals surface area contributed by atoms with Crippen molar-refractivity contribution in [3.8, 4) is 56.1 Å². The molecule has 74 heavy (non-hydrogen) atoms. The zero-order valence-electron chi connectivity index (χ0n) is 40.7. The van der Waals surface area contributed by atoms with E-state index in [4.69, 9.17) is 0 Å². The second-order valence-electron chi connectivity index (χ2n) is 18.6. The van der Waals surface area contributed by atoms with Crippen molar-refractivity contribution in [3.63, 3.8) is 0 Å². The van der Waals surface area contributed by atoms with Crippen LogP contribution in [0.25, 0.3) is 77.9 Å². The molecular formula is C70H50N4. The molecule has 0 aliphatic rings. The molecule has 0 amide bonds. The van der Waals surface area contributed by atoms with E-state index in [0.717, 1.165) is 79.0 Å². The lowest BCUT2D eigenvalue weighted by Crippen LogP contribution is -2.09. The van der Waals surface area contributed by atoms with Crippen LogP contribution in [0.2, 0.25) is 0 Å². The van der Waals surface area contributed by atoms with Gasteiger partial charge in [-0.2, -0.15) is 0 Å². The first-order chi connectivity index (χ1) is 36.7. The lowest BCUT2D eigenvalue weighted by Gasteiger charge is -2.25. The molecule has 4 nitrogen and oxygen atoms in total. The molecule has 2 aromatic heterocycles. The van der Waals surface area contributed by atoms with Crippen LogP contribution in [-0.2, 0) is 0 Å². The molecule has 11 aromatic carbocycles. The maximum Gasteiger partial charge on any atom is 0.0542 e. The van der Waals surface area contributed by atoms with E-state index in [-0.39, 0.29) is 0 Å². The minimum absolute atomic E-state index is 1.11. The van der Waals surface area contributed by atoms with Crippen molar-refractivity contribution in [2.45, 2.75) is 0 Å².